The Balaban J connectivity index is 1.39. The summed E-state index contributed by atoms with van der Waals surface area (Å²) in [7, 11) is 0. The van der Waals surface area contributed by atoms with Crippen LogP contribution in [0, 0.1) is 0 Å². The van der Waals surface area contributed by atoms with E-state index in [2.05, 4.69) is 30.7 Å². The fraction of sp³-hybridized carbons (Fsp3) is 0.350. The number of rotatable bonds is 5. The zero-order valence-electron chi connectivity index (χ0n) is 16.0. The number of benzene rings is 1. The number of ether oxygens (including phenoxy) is 1. The molecule has 4 rings (SSSR count). The predicted octanol–water partition coefficient (Wildman–Crippen LogP) is 2.71. The lowest BCUT2D eigenvalue weighted by Crippen LogP contribution is -2.47. The summed E-state index contributed by atoms with van der Waals surface area (Å²) in [5.74, 6) is 0.117. The van der Waals surface area contributed by atoms with Crippen molar-refractivity contribution in [1.82, 2.24) is 14.5 Å². The molecule has 8 nitrogen and oxygen atoms in total. The van der Waals surface area contributed by atoms with Crippen molar-refractivity contribution in [3.63, 3.8) is 0 Å². The second kappa shape index (κ2) is 8.38. The summed E-state index contributed by atoms with van der Waals surface area (Å²) < 4.78 is 12.9. The minimum Gasteiger partial charge on any atom is -0.462 e. The Morgan fingerprint density at radius 3 is 2.69 bits per heavy atom. The molecule has 0 saturated carbocycles. The molecule has 152 valence electrons. The number of hydrogen-bond acceptors (Lipinski definition) is 7. The molecule has 1 aliphatic heterocycles. The summed E-state index contributed by atoms with van der Waals surface area (Å²) in [6.45, 7) is 5.74. The number of hydrogen-bond donors (Lipinski definition) is 0. The number of carbonyl (C=O) groups is 1. The maximum atomic E-state index is 12.2. The van der Waals surface area contributed by atoms with Gasteiger partial charge in [0.25, 0.3) is 0 Å². The zero-order valence-corrected chi connectivity index (χ0v) is 17.6. The molecule has 3 heterocycles. The fourth-order valence-corrected chi connectivity index (χ4v) is 3.74. The number of pyridine rings is 1. The van der Waals surface area contributed by atoms with Gasteiger partial charge in [-0.15, -0.1) is 0 Å². The van der Waals surface area contributed by atoms with Gasteiger partial charge in [0.15, 0.2) is 5.58 Å². The fourth-order valence-electron chi connectivity index (χ4n) is 3.40. The number of fused-ring (bicyclic) bond motifs is 1. The van der Waals surface area contributed by atoms with Crippen LogP contribution in [-0.4, -0.2) is 53.2 Å². The highest BCUT2D eigenvalue weighted by Crippen LogP contribution is 2.20. The van der Waals surface area contributed by atoms with Gasteiger partial charge in [-0.25, -0.2) is 14.6 Å². The maximum absolute atomic E-state index is 12.2. The minimum absolute atomic E-state index is 0.342. The van der Waals surface area contributed by atoms with Gasteiger partial charge in [-0.05, 0) is 37.3 Å². The van der Waals surface area contributed by atoms with E-state index in [0.717, 1.165) is 42.0 Å². The molecule has 1 aliphatic rings. The molecular formula is C20H21BrN4O4. The van der Waals surface area contributed by atoms with Gasteiger partial charge in [0.2, 0.25) is 0 Å². The van der Waals surface area contributed by atoms with Crippen molar-refractivity contribution >= 4 is 38.8 Å². The summed E-state index contributed by atoms with van der Waals surface area (Å²) in [4.78, 5) is 32.8. The van der Waals surface area contributed by atoms with Gasteiger partial charge >= 0.3 is 11.7 Å². The molecule has 0 bridgehead atoms. The lowest BCUT2D eigenvalue weighted by atomic mass is 10.2. The number of aromatic nitrogens is 2. The number of esters is 1. The van der Waals surface area contributed by atoms with E-state index < -0.39 is 0 Å². The Morgan fingerprint density at radius 2 is 2.00 bits per heavy atom. The number of nitrogens with zero attached hydrogens (tertiary/aromatic N) is 4. The Bertz CT molecular complexity index is 1070. The van der Waals surface area contributed by atoms with E-state index in [-0.39, 0.29) is 11.7 Å². The third-order valence-corrected chi connectivity index (χ3v) is 5.42. The first-order chi connectivity index (χ1) is 14.0. The van der Waals surface area contributed by atoms with Crippen LogP contribution in [0.3, 0.4) is 0 Å². The van der Waals surface area contributed by atoms with Crippen molar-refractivity contribution in [3.8, 4) is 0 Å². The summed E-state index contributed by atoms with van der Waals surface area (Å²) >= 11 is 3.39. The monoisotopic (exact) mass is 460 g/mol. The summed E-state index contributed by atoms with van der Waals surface area (Å²) in [6.07, 6.45) is 1.55. The van der Waals surface area contributed by atoms with Crippen LogP contribution in [0.25, 0.3) is 11.1 Å². The van der Waals surface area contributed by atoms with Gasteiger partial charge in [0, 0.05) is 36.8 Å². The van der Waals surface area contributed by atoms with E-state index in [1.165, 1.54) is 0 Å². The van der Waals surface area contributed by atoms with Crippen LogP contribution in [0.1, 0.15) is 17.3 Å². The van der Waals surface area contributed by atoms with Crippen molar-refractivity contribution in [1.29, 1.82) is 0 Å². The third-order valence-electron chi connectivity index (χ3n) is 4.93. The van der Waals surface area contributed by atoms with E-state index in [9.17, 15) is 9.59 Å². The number of anilines is 1. The van der Waals surface area contributed by atoms with Crippen LogP contribution in [0.15, 0.2) is 50.2 Å². The van der Waals surface area contributed by atoms with E-state index >= 15 is 0 Å². The molecule has 9 heteroatoms. The van der Waals surface area contributed by atoms with Crippen LogP contribution >= 0.6 is 15.9 Å². The van der Waals surface area contributed by atoms with Crippen LogP contribution in [0.4, 0.5) is 5.82 Å². The molecule has 2 aromatic heterocycles. The van der Waals surface area contributed by atoms with Gasteiger partial charge < -0.3 is 14.1 Å². The molecule has 0 N–H and O–H groups in total. The van der Waals surface area contributed by atoms with Crippen LogP contribution in [0.5, 0.6) is 0 Å². The van der Waals surface area contributed by atoms with Crippen molar-refractivity contribution in [2.24, 2.45) is 0 Å². The van der Waals surface area contributed by atoms with Gasteiger partial charge in [0.05, 0.1) is 24.4 Å². The first-order valence-electron chi connectivity index (χ1n) is 9.44. The molecule has 0 atom stereocenters. The average Bonchev–Trinajstić information content (AvgIpc) is 3.03. The maximum Gasteiger partial charge on any atom is 0.421 e. The first kappa shape index (κ1) is 19.7. The molecule has 29 heavy (non-hydrogen) atoms. The molecular weight excluding hydrogens is 440 g/mol. The molecule has 0 radical (unpaired) electrons. The Hall–Kier alpha value is -2.65. The van der Waals surface area contributed by atoms with Crippen LogP contribution in [0.2, 0.25) is 0 Å². The molecule has 0 aliphatic carbocycles. The Labute approximate surface area is 175 Å². The normalized spacial score (nSPS) is 15.0. The summed E-state index contributed by atoms with van der Waals surface area (Å²) in [6, 6.07) is 9.17. The minimum atomic E-state index is -0.360. The zero-order chi connectivity index (χ0) is 20.4. The predicted molar refractivity (Wildman–Crippen MR) is 112 cm³/mol. The van der Waals surface area contributed by atoms with E-state index in [1.54, 1.807) is 29.8 Å². The third kappa shape index (κ3) is 4.20. The highest BCUT2D eigenvalue weighted by atomic mass is 79.9. The highest BCUT2D eigenvalue weighted by molar-refractivity contribution is 9.10. The van der Waals surface area contributed by atoms with E-state index in [4.69, 9.17) is 9.15 Å². The molecule has 1 aromatic carbocycles. The summed E-state index contributed by atoms with van der Waals surface area (Å²) in [5.41, 5.74) is 1.82. The standard InChI is InChI=1S/C20H21BrN4O4/c1-2-28-19(26)14-3-6-18(22-12-14)24-9-7-23(8-10-24)13-25-16-5-4-15(21)11-17(16)29-20(25)27/h3-6,11-12H,2,7-10,13H2,1H3. The van der Waals surface area contributed by atoms with Gasteiger partial charge in [-0.1, -0.05) is 15.9 Å². The van der Waals surface area contributed by atoms with Crippen LogP contribution in [-0.2, 0) is 11.4 Å². The highest BCUT2D eigenvalue weighted by Gasteiger charge is 2.20. The van der Waals surface area contributed by atoms with Gasteiger partial charge in [-0.2, -0.15) is 0 Å². The van der Waals surface area contributed by atoms with Crippen molar-refractivity contribution < 1.29 is 13.9 Å². The van der Waals surface area contributed by atoms with Crippen molar-refractivity contribution in [2.75, 3.05) is 37.7 Å². The number of piperazine rings is 1. The van der Waals surface area contributed by atoms with Crippen molar-refractivity contribution in [2.45, 2.75) is 13.6 Å². The number of halogens is 1. The Kier molecular flexibility index (Phi) is 5.68. The molecule has 1 saturated heterocycles. The molecule has 1 fully saturated rings. The molecule has 0 amide bonds. The average molecular weight is 461 g/mol. The molecule has 3 aromatic rings. The number of oxazole rings is 1. The topological polar surface area (TPSA) is 80.8 Å². The van der Waals surface area contributed by atoms with E-state index in [0.29, 0.717) is 24.4 Å². The number of carbonyl (C=O) groups excluding carboxylic acids is 1. The smallest absolute Gasteiger partial charge is 0.421 e. The van der Waals surface area contributed by atoms with E-state index in [1.807, 2.05) is 18.2 Å². The Morgan fingerprint density at radius 1 is 1.21 bits per heavy atom. The van der Waals surface area contributed by atoms with Crippen LogP contribution < -0.4 is 10.7 Å². The largest absolute Gasteiger partial charge is 0.462 e. The quantitative estimate of drug-likeness (QED) is 0.541. The lowest BCUT2D eigenvalue weighted by molar-refractivity contribution is 0.0526. The SMILES string of the molecule is CCOC(=O)c1ccc(N2CCN(Cn3c(=O)oc4cc(Br)ccc43)CC2)nc1. The summed E-state index contributed by atoms with van der Waals surface area (Å²) in [5, 5.41) is 0. The van der Waals surface area contributed by atoms with Crippen molar-refractivity contribution in [3.05, 3.63) is 57.1 Å². The molecule has 0 unspecified atom stereocenters. The second-order valence-electron chi connectivity index (χ2n) is 6.78. The second-order valence-corrected chi connectivity index (χ2v) is 7.70. The van der Waals surface area contributed by atoms with Gasteiger partial charge in [-0.3, -0.25) is 9.47 Å². The van der Waals surface area contributed by atoms with Gasteiger partial charge in [0.1, 0.15) is 5.82 Å². The first-order valence-corrected chi connectivity index (χ1v) is 10.2. The lowest BCUT2D eigenvalue weighted by Gasteiger charge is -2.35. The molecule has 0 spiro atoms.